The smallest absolute Gasteiger partial charge is 0.414 e. The summed E-state index contributed by atoms with van der Waals surface area (Å²) < 4.78 is 5.30. The minimum atomic E-state index is -0.583. The van der Waals surface area contributed by atoms with Crippen LogP contribution in [-0.4, -0.2) is 28.1 Å². The number of amides is 1. The fourth-order valence-corrected chi connectivity index (χ4v) is 3.00. The van der Waals surface area contributed by atoms with E-state index in [1.165, 1.54) is 22.4 Å². The number of carbonyl (C=O) groups is 1. The van der Waals surface area contributed by atoms with Gasteiger partial charge in [-0.05, 0) is 44.9 Å². The lowest BCUT2D eigenvalue weighted by Gasteiger charge is -2.24. The number of nitrogens with zero attached hydrogens (tertiary/aromatic N) is 3. The molecule has 1 amide bonds. The number of fused-ring (bicyclic) bond motifs is 2. The first kappa shape index (κ1) is 20.3. The molecule has 150 valence electrons. The van der Waals surface area contributed by atoms with Gasteiger partial charge in [-0.1, -0.05) is 30.3 Å². The molecule has 0 saturated carbocycles. The van der Waals surface area contributed by atoms with Crippen molar-refractivity contribution in [2.24, 2.45) is 0 Å². The van der Waals surface area contributed by atoms with Gasteiger partial charge < -0.3 is 4.74 Å². The molecule has 1 aromatic heterocycles. The number of hydrogen-bond donors (Lipinski definition) is 0. The molecule has 2 aromatic carbocycles. The minimum Gasteiger partial charge on any atom is -0.443 e. The maximum absolute atomic E-state index is 12.0. The highest BCUT2D eigenvalue weighted by Crippen LogP contribution is 2.32. The Kier molecular flexibility index (Phi) is 5.77. The fourth-order valence-electron chi connectivity index (χ4n) is 3.00. The molecule has 0 spiro atoms. The molecular formula is C22H23N3O4. The van der Waals surface area contributed by atoms with Gasteiger partial charge in [0.1, 0.15) is 5.60 Å². The van der Waals surface area contributed by atoms with E-state index in [-0.39, 0.29) is 5.69 Å². The summed E-state index contributed by atoms with van der Waals surface area (Å²) in [5, 5.41) is 12.0. The highest BCUT2D eigenvalue weighted by Gasteiger charge is 2.30. The van der Waals surface area contributed by atoms with Crippen LogP contribution in [0.2, 0.25) is 0 Å². The third-order valence-corrected chi connectivity index (χ3v) is 4.30. The van der Waals surface area contributed by atoms with Crippen molar-refractivity contribution in [2.75, 3.05) is 11.4 Å². The van der Waals surface area contributed by atoms with Crippen molar-refractivity contribution in [3.8, 4) is 0 Å². The van der Waals surface area contributed by atoms with E-state index in [1.54, 1.807) is 26.8 Å². The highest BCUT2D eigenvalue weighted by molar-refractivity contribution is 5.91. The molecule has 0 unspecified atom stereocenters. The van der Waals surface area contributed by atoms with Crippen LogP contribution in [0.1, 0.15) is 26.3 Å². The van der Waals surface area contributed by atoms with Gasteiger partial charge in [0.15, 0.2) is 0 Å². The molecule has 1 aliphatic rings. The molecule has 0 aliphatic carbocycles. The first-order valence-corrected chi connectivity index (χ1v) is 9.32. The van der Waals surface area contributed by atoms with Crippen molar-refractivity contribution < 1.29 is 14.5 Å². The Morgan fingerprint density at radius 3 is 2.55 bits per heavy atom. The number of hydrogen-bond acceptors (Lipinski definition) is 5. The molecule has 0 atom stereocenters. The standard InChI is InChI=1S/C13H16N2O4.C9H7N/c1-13(2,3)19-12(16)14-7-6-9-4-5-10(15(17)18)8-11(9)14;1-2-6-9-8(4-1)5-3-7-10-9/h4-5,8H,6-7H2,1-3H3;1-7H. The van der Waals surface area contributed by atoms with Crippen molar-refractivity contribution in [3.63, 3.8) is 0 Å². The number of nitro benzene ring substituents is 1. The summed E-state index contributed by atoms with van der Waals surface area (Å²) in [7, 11) is 0. The van der Waals surface area contributed by atoms with Gasteiger partial charge in [0.25, 0.3) is 5.69 Å². The van der Waals surface area contributed by atoms with Crippen LogP contribution in [0.5, 0.6) is 0 Å². The summed E-state index contributed by atoms with van der Waals surface area (Å²) >= 11 is 0. The van der Waals surface area contributed by atoms with E-state index in [1.807, 2.05) is 30.5 Å². The topological polar surface area (TPSA) is 85.6 Å². The number of pyridine rings is 1. The van der Waals surface area contributed by atoms with Gasteiger partial charge in [0.05, 0.1) is 16.1 Å². The van der Waals surface area contributed by atoms with E-state index < -0.39 is 16.6 Å². The molecule has 4 rings (SSSR count). The average molecular weight is 393 g/mol. The summed E-state index contributed by atoms with van der Waals surface area (Å²) in [4.78, 5) is 28.0. The molecule has 7 heteroatoms. The van der Waals surface area contributed by atoms with E-state index in [2.05, 4.69) is 17.1 Å². The number of ether oxygens (including phenoxy) is 1. The Morgan fingerprint density at radius 2 is 1.86 bits per heavy atom. The fraction of sp³-hybridized carbons (Fsp3) is 0.273. The largest absolute Gasteiger partial charge is 0.443 e. The third-order valence-electron chi connectivity index (χ3n) is 4.30. The van der Waals surface area contributed by atoms with Gasteiger partial charge >= 0.3 is 6.09 Å². The molecule has 0 fully saturated rings. The lowest BCUT2D eigenvalue weighted by atomic mass is 10.1. The quantitative estimate of drug-likeness (QED) is 0.423. The number of non-ortho nitro benzene ring substituents is 1. The van der Waals surface area contributed by atoms with Crippen molar-refractivity contribution in [1.29, 1.82) is 0 Å². The van der Waals surface area contributed by atoms with E-state index >= 15 is 0 Å². The lowest BCUT2D eigenvalue weighted by molar-refractivity contribution is -0.384. The van der Waals surface area contributed by atoms with Crippen LogP contribution in [0.4, 0.5) is 16.2 Å². The van der Waals surface area contributed by atoms with Gasteiger partial charge in [-0.3, -0.25) is 20.0 Å². The van der Waals surface area contributed by atoms with Gasteiger partial charge in [-0.25, -0.2) is 4.79 Å². The zero-order valence-electron chi connectivity index (χ0n) is 16.7. The molecule has 29 heavy (non-hydrogen) atoms. The second kappa shape index (κ2) is 8.26. The van der Waals surface area contributed by atoms with E-state index in [0.29, 0.717) is 18.7 Å². The van der Waals surface area contributed by atoms with Crippen LogP contribution in [0.15, 0.2) is 60.8 Å². The number of carbonyl (C=O) groups excluding carboxylic acids is 1. The second-order valence-corrected chi connectivity index (χ2v) is 7.65. The van der Waals surface area contributed by atoms with Crippen molar-refractivity contribution in [3.05, 3.63) is 76.5 Å². The Bertz CT molecular complexity index is 978. The third kappa shape index (κ3) is 5.07. The predicted molar refractivity (Wildman–Crippen MR) is 112 cm³/mol. The molecule has 0 saturated heterocycles. The van der Waals surface area contributed by atoms with Crippen molar-refractivity contribution in [1.82, 2.24) is 4.98 Å². The van der Waals surface area contributed by atoms with Crippen LogP contribution in [-0.2, 0) is 11.2 Å². The number of aromatic nitrogens is 1. The molecule has 3 aromatic rings. The van der Waals surface area contributed by atoms with Crippen LogP contribution in [0, 0.1) is 10.1 Å². The highest BCUT2D eigenvalue weighted by atomic mass is 16.6. The van der Waals surface area contributed by atoms with E-state index in [9.17, 15) is 14.9 Å². The molecule has 1 aliphatic heterocycles. The molecular weight excluding hydrogens is 370 g/mol. The Labute approximate surface area is 169 Å². The average Bonchev–Trinajstić information content (AvgIpc) is 3.10. The summed E-state index contributed by atoms with van der Waals surface area (Å²) in [6.45, 7) is 5.85. The van der Waals surface area contributed by atoms with Crippen LogP contribution in [0.25, 0.3) is 10.9 Å². The zero-order chi connectivity index (χ0) is 21.0. The summed E-state index contributed by atoms with van der Waals surface area (Å²) in [6, 6.07) is 16.7. The molecule has 7 nitrogen and oxygen atoms in total. The number of rotatable bonds is 1. The van der Waals surface area contributed by atoms with Gasteiger partial charge in [-0.15, -0.1) is 0 Å². The summed E-state index contributed by atoms with van der Waals surface area (Å²) in [5.74, 6) is 0. The van der Waals surface area contributed by atoms with Gasteiger partial charge in [0.2, 0.25) is 0 Å². The summed E-state index contributed by atoms with van der Waals surface area (Å²) in [5.41, 5.74) is 1.96. The maximum Gasteiger partial charge on any atom is 0.414 e. The van der Waals surface area contributed by atoms with E-state index in [4.69, 9.17) is 4.74 Å². The first-order valence-electron chi connectivity index (χ1n) is 9.32. The Morgan fingerprint density at radius 1 is 1.14 bits per heavy atom. The number of nitro groups is 1. The molecule has 2 heterocycles. The summed E-state index contributed by atoms with van der Waals surface area (Å²) in [6.07, 6.45) is 2.03. The van der Waals surface area contributed by atoms with Gasteiger partial charge in [-0.2, -0.15) is 0 Å². The molecule has 0 bridgehead atoms. The second-order valence-electron chi connectivity index (χ2n) is 7.65. The Hall–Kier alpha value is -3.48. The minimum absolute atomic E-state index is 0.0193. The number of para-hydroxylation sites is 1. The maximum atomic E-state index is 12.0. The SMILES string of the molecule is CC(C)(C)OC(=O)N1CCc2ccc([N+](=O)[O-])cc21.c1ccc2ncccc2c1. The van der Waals surface area contributed by atoms with Crippen LogP contribution < -0.4 is 4.90 Å². The Balaban J connectivity index is 0.000000200. The van der Waals surface area contributed by atoms with Gasteiger partial charge in [0, 0.05) is 30.3 Å². The lowest BCUT2D eigenvalue weighted by Crippen LogP contribution is -2.35. The van der Waals surface area contributed by atoms with Crippen molar-refractivity contribution >= 4 is 28.4 Å². The number of benzene rings is 2. The number of anilines is 1. The zero-order valence-corrected chi connectivity index (χ0v) is 16.7. The van der Waals surface area contributed by atoms with E-state index in [0.717, 1.165) is 11.1 Å². The van der Waals surface area contributed by atoms with Crippen LogP contribution in [0.3, 0.4) is 0 Å². The first-order chi connectivity index (χ1) is 13.7. The van der Waals surface area contributed by atoms with Crippen LogP contribution >= 0.6 is 0 Å². The molecule has 0 radical (unpaired) electrons. The molecule has 0 N–H and O–H groups in total. The monoisotopic (exact) mass is 393 g/mol. The normalized spacial score (nSPS) is 12.7. The predicted octanol–water partition coefficient (Wildman–Crippen LogP) is 5.13. The van der Waals surface area contributed by atoms with Crippen molar-refractivity contribution in [2.45, 2.75) is 32.8 Å².